The smallest absolute Gasteiger partial charge is 0.138 e. The van der Waals surface area contributed by atoms with Gasteiger partial charge in [0, 0.05) is 31.7 Å². The molecule has 0 spiro atoms. The Bertz CT molecular complexity index is 370. The van der Waals surface area contributed by atoms with Gasteiger partial charge in [0.15, 0.2) is 0 Å². The molecule has 5 nitrogen and oxygen atoms in total. The monoisotopic (exact) mass is 253 g/mol. The summed E-state index contributed by atoms with van der Waals surface area (Å²) >= 11 is 0. The summed E-state index contributed by atoms with van der Waals surface area (Å²) in [5.74, 6) is 0.933. The Kier molecular flexibility index (Phi) is 4.37. The molecule has 0 aromatic carbocycles. The van der Waals surface area contributed by atoms with Crippen LogP contribution in [-0.4, -0.2) is 61.4 Å². The molecule has 18 heavy (non-hydrogen) atoms. The number of aromatic nitrogens is 1. The zero-order valence-corrected chi connectivity index (χ0v) is 11.8. The van der Waals surface area contributed by atoms with Gasteiger partial charge < -0.3 is 14.2 Å². The Morgan fingerprint density at radius 3 is 2.78 bits per heavy atom. The van der Waals surface area contributed by atoms with Gasteiger partial charge in [0.25, 0.3) is 0 Å². The second-order valence-electron chi connectivity index (χ2n) is 5.29. The first-order valence-corrected chi connectivity index (χ1v) is 6.46. The van der Waals surface area contributed by atoms with Gasteiger partial charge >= 0.3 is 0 Å². The van der Waals surface area contributed by atoms with Gasteiger partial charge in [-0.25, -0.2) is 0 Å². The number of hydrogen-bond donors (Lipinski definition) is 0. The molecule has 2 heterocycles. The summed E-state index contributed by atoms with van der Waals surface area (Å²) in [6.45, 7) is 8.63. The summed E-state index contributed by atoms with van der Waals surface area (Å²) in [5.41, 5.74) is 2.23. The van der Waals surface area contributed by atoms with Crippen LogP contribution < -0.4 is 0 Å². The average molecular weight is 253 g/mol. The van der Waals surface area contributed by atoms with Gasteiger partial charge in [-0.2, -0.15) is 0 Å². The largest absolute Gasteiger partial charge is 0.374 e. The topological polar surface area (TPSA) is 41.7 Å². The summed E-state index contributed by atoms with van der Waals surface area (Å²) in [6.07, 6.45) is 0.300. The van der Waals surface area contributed by atoms with Crippen LogP contribution in [0.1, 0.15) is 17.0 Å². The van der Waals surface area contributed by atoms with E-state index in [0.717, 1.165) is 44.2 Å². The maximum Gasteiger partial charge on any atom is 0.138 e. The first-order chi connectivity index (χ1) is 8.56. The summed E-state index contributed by atoms with van der Waals surface area (Å²) in [5, 5.41) is 4.01. The van der Waals surface area contributed by atoms with Crippen molar-refractivity contribution in [2.75, 3.05) is 40.3 Å². The molecule has 0 amide bonds. The molecule has 0 unspecified atom stereocenters. The number of ether oxygens (including phenoxy) is 1. The van der Waals surface area contributed by atoms with Crippen molar-refractivity contribution in [1.82, 2.24) is 15.0 Å². The van der Waals surface area contributed by atoms with E-state index in [0.29, 0.717) is 6.10 Å². The Hall–Kier alpha value is -0.910. The molecule has 0 N–H and O–H groups in total. The van der Waals surface area contributed by atoms with Crippen molar-refractivity contribution in [2.24, 2.45) is 0 Å². The Labute approximate surface area is 109 Å². The van der Waals surface area contributed by atoms with Gasteiger partial charge in [-0.05, 0) is 27.9 Å². The SMILES string of the molecule is Cc1noc(C)c1CN1CCO[C@H](CN(C)C)C1. The minimum atomic E-state index is 0.300. The maximum atomic E-state index is 5.78. The third kappa shape index (κ3) is 3.31. The van der Waals surface area contributed by atoms with Gasteiger partial charge in [0.05, 0.1) is 18.4 Å². The molecule has 1 aliphatic heterocycles. The van der Waals surface area contributed by atoms with Crippen LogP contribution in [0.3, 0.4) is 0 Å². The normalized spacial score (nSPS) is 21.7. The number of likely N-dealkylation sites (N-methyl/N-ethyl adjacent to an activating group) is 1. The predicted octanol–water partition coefficient (Wildman–Crippen LogP) is 1.05. The molecule has 0 radical (unpaired) electrons. The van der Waals surface area contributed by atoms with Crippen molar-refractivity contribution in [1.29, 1.82) is 0 Å². The lowest BCUT2D eigenvalue weighted by Gasteiger charge is -2.34. The highest BCUT2D eigenvalue weighted by molar-refractivity contribution is 5.20. The molecule has 1 fully saturated rings. The zero-order chi connectivity index (χ0) is 13.1. The highest BCUT2D eigenvalue weighted by Crippen LogP contribution is 2.17. The fraction of sp³-hybridized carbons (Fsp3) is 0.769. The van der Waals surface area contributed by atoms with E-state index in [-0.39, 0.29) is 0 Å². The van der Waals surface area contributed by atoms with Gasteiger partial charge in [-0.3, -0.25) is 4.90 Å². The predicted molar refractivity (Wildman–Crippen MR) is 69.5 cm³/mol. The second-order valence-corrected chi connectivity index (χ2v) is 5.29. The summed E-state index contributed by atoms with van der Waals surface area (Å²) in [7, 11) is 4.16. The highest BCUT2D eigenvalue weighted by Gasteiger charge is 2.22. The van der Waals surface area contributed by atoms with Crippen LogP contribution in [-0.2, 0) is 11.3 Å². The van der Waals surface area contributed by atoms with Gasteiger partial charge in [-0.15, -0.1) is 0 Å². The summed E-state index contributed by atoms with van der Waals surface area (Å²) in [4.78, 5) is 4.59. The molecule has 0 aliphatic carbocycles. The van der Waals surface area contributed by atoms with Crippen molar-refractivity contribution in [3.8, 4) is 0 Å². The first-order valence-electron chi connectivity index (χ1n) is 6.46. The lowest BCUT2D eigenvalue weighted by atomic mass is 10.1. The molecular formula is C13H23N3O2. The molecule has 1 aromatic rings. The first kappa shape index (κ1) is 13.5. The van der Waals surface area contributed by atoms with Crippen LogP contribution >= 0.6 is 0 Å². The summed E-state index contributed by atoms with van der Waals surface area (Å²) < 4.78 is 11.0. The third-order valence-electron chi connectivity index (χ3n) is 3.35. The van der Waals surface area contributed by atoms with E-state index in [1.54, 1.807) is 0 Å². The van der Waals surface area contributed by atoms with E-state index in [1.165, 1.54) is 5.56 Å². The minimum absolute atomic E-state index is 0.300. The van der Waals surface area contributed by atoms with E-state index in [2.05, 4.69) is 29.1 Å². The van der Waals surface area contributed by atoms with Crippen LogP contribution in [0.25, 0.3) is 0 Å². The van der Waals surface area contributed by atoms with Crippen LogP contribution in [0, 0.1) is 13.8 Å². The summed E-state index contributed by atoms with van der Waals surface area (Å²) in [6, 6.07) is 0. The number of nitrogens with zero attached hydrogens (tertiary/aromatic N) is 3. The molecule has 1 atom stereocenters. The van der Waals surface area contributed by atoms with Gasteiger partial charge in [-0.1, -0.05) is 5.16 Å². The lowest BCUT2D eigenvalue weighted by molar-refractivity contribution is -0.0408. The highest BCUT2D eigenvalue weighted by atomic mass is 16.5. The van der Waals surface area contributed by atoms with E-state index >= 15 is 0 Å². The fourth-order valence-corrected chi connectivity index (χ4v) is 2.39. The van der Waals surface area contributed by atoms with Crippen molar-refractivity contribution >= 4 is 0 Å². The van der Waals surface area contributed by atoms with Crippen LogP contribution in [0.15, 0.2) is 4.52 Å². The quantitative estimate of drug-likeness (QED) is 0.802. The molecule has 1 aliphatic rings. The van der Waals surface area contributed by atoms with Crippen LogP contribution in [0.5, 0.6) is 0 Å². The van der Waals surface area contributed by atoms with Crippen molar-refractivity contribution < 1.29 is 9.26 Å². The molecule has 0 saturated carbocycles. The fourth-order valence-electron chi connectivity index (χ4n) is 2.39. The van der Waals surface area contributed by atoms with E-state index < -0.39 is 0 Å². The van der Waals surface area contributed by atoms with E-state index in [9.17, 15) is 0 Å². The van der Waals surface area contributed by atoms with Crippen LogP contribution in [0.4, 0.5) is 0 Å². The lowest BCUT2D eigenvalue weighted by Crippen LogP contribution is -2.46. The number of morpholine rings is 1. The second kappa shape index (κ2) is 5.82. The van der Waals surface area contributed by atoms with Crippen molar-refractivity contribution in [3.63, 3.8) is 0 Å². The molecular weight excluding hydrogens is 230 g/mol. The Morgan fingerprint density at radius 2 is 2.17 bits per heavy atom. The number of hydrogen-bond acceptors (Lipinski definition) is 5. The van der Waals surface area contributed by atoms with Gasteiger partial charge in [0.2, 0.25) is 0 Å². The third-order valence-corrected chi connectivity index (χ3v) is 3.35. The van der Waals surface area contributed by atoms with Gasteiger partial charge in [0.1, 0.15) is 5.76 Å². The molecule has 1 aromatic heterocycles. The van der Waals surface area contributed by atoms with Crippen molar-refractivity contribution in [2.45, 2.75) is 26.5 Å². The Balaban J connectivity index is 1.93. The molecule has 2 rings (SSSR count). The minimum Gasteiger partial charge on any atom is -0.374 e. The van der Waals surface area contributed by atoms with Crippen LogP contribution in [0.2, 0.25) is 0 Å². The molecule has 5 heteroatoms. The number of aryl methyl sites for hydroxylation is 2. The standard InChI is InChI=1S/C13H23N3O2/c1-10-13(11(2)18-14-10)9-16-5-6-17-12(8-16)7-15(3)4/h12H,5-9H2,1-4H3/t12-/m1/s1. The maximum absolute atomic E-state index is 5.78. The van der Waals surface area contributed by atoms with E-state index in [4.69, 9.17) is 9.26 Å². The molecule has 0 bridgehead atoms. The number of rotatable bonds is 4. The molecule has 102 valence electrons. The van der Waals surface area contributed by atoms with E-state index in [1.807, 2.05) is 13.8 Å². The average Bonchev–Trinajstić information content (AvgIpc) is 2.60. The Morgan fingerprint density at radius 1 is 1.39 bits per heavy atom. The molecule has 1 saturated heterocycles. The zero-order valence-electron chi connectivity index (χ0n) is 11.8. The van der Waals surface area contributed by atoms with Crippen molar-refractivity contribution in [3.05, 3.63) is 17.0 Å².